The van der Waals surface area contributed by atoms with Crippen LogP contribution in [-0.4, -0.2) is 5.91 Å². The van der Waals surface area contributed by atoms with E-state index in [4.69, 9.17) is 10.2 Å². The van der Waals surface area contributed by atoms with Crippen molar-refractivity contribution in [2.75, 3.05) is 0 Å². The van der Waals surface area contributed by atoms with E-state index in [0.717, 1.165) is 11.1 Å². The molecule has 0 atom stereocenters. The number of nitrogens with one attached hydrogen (secondary N) is 1. The molecule has 0 radical (unpaired) electrons. The van der Waals surface area contributed by atoms with Crippen LogP contribution in [0.15, 0.2) is 47.3 Å². The van der Waals surface area contributed by atoms with Gasteiger partial charge in [0.05, 0.1) is 11.8 Å². The second kappa shape index (κ2) is 5.32. The molecule has 3 N–H and O–H groups in total. The van der Waals surface area contributed by atoms with Crippen molar-refractivity contribution in [3.63, 3.8) is 0 Å². The molecule has 0 spiro atoms. The summed E-state index contributed by atoms with van der Waals surface area (Å²) < 4.78 is 4.85. The molecule has 4 heteroatoms. The van der Waals surface area contributed by atoms with Crippen LogP contribution in [0.4, 0.5) is 0 Å². The van der Waals surface area contributed by atoms with E-state index in [1.807, 2.05) is 24.3 Å². The minimum atomic E-state index is -0.148. The van der Waals surface area contributed by atoms with E-state index < -0.39 is 0 Å². The summed E-state index contributed by atoms with van der Waals surface area (Å²) in [5.41, 5.74) is 8.22. The van der Waals surface area contributed by atoms with Crippen molar-refractivity contribution in [1.82, 2.24) is 5.32 Å². The summed E-state index contributed by atoms with van der Waals surface area (Å²) in [7, 11) is 0. The van der Waals surface area contributed by atoms with Gasteiger partial charge in [0.1, 0.15) is 6.26 Å². The quantitative estimate of drug-likeness (QED) is 0.839. The van der Waals surface area contributed by atoms with Crippen LogP contribution in [0.5, 0.6) is 0 Å². The van der Waals surface area contributed by atoms with Crippen LogP contribution in [0.2, 0.25) is 0 Å². The molecule has 2 aromatic rings. The van der Waals surface area contributed by atoms with E-state index in [0.29, 0.717) is 18.7 Å². The fraction of sp³-hybridized carbons (Fsp3) is 0.154. The molecule has 1 amide bonds. The predicted molar refractivity (Wildman–Crippen MR) is 64.2 cm³/mol. The van der Waals surface area contributed by atoms with Crippen molar-refractivity contribution >= 4 is 5.91 Å². The standard InChI is InChI=1S/C13H14N2O2/c14-7-10-3-1-2-4-11(10)8-15-13(16)12-5-6-17-9-12/h1-6,9H,7-8,14H2,(H,15,16). The molecule has 0 saturated carbocycles. The zero-order valence-electron chi connectivity index (χ0n) is 9.35. The van der Waals surface area contributed by atoms with E-state index >= 15 is 0 Å². The first-order chi connectivity index (χ1) is 8.31. The van der Waals surface area contributed by atoms with Gasteiger partial charge in [-0.05, 0) is 17.2 Å². The lowest BCUT2D eigenvalue weighted by Crippen LogP contribution is -2.23. The second-order valence-electron chi connectivity index (χ2n) is 3.67. The van der Waals surface area contributed by atoms with Crippen LogP contribution in [0.1, 0.15) is 21.5 Å². The topological polar surface area (TPSA) is 68.3 Å². The molecule has 0 fully saturated rings. The normalized spacial score (nSPS) is 10.2. The molecule has 0 aliphatic heterocycles. The van der Waals surface area contributed by atoms with Crippen LogP contribution in [0.25, 0.3) is 0 Å². The minimum absolute atomic E-state index is 0.148. The summed E-state index contributed by atoms with van der Waals surface area (Å²) in [5.74, 6) is -0.148. The number of carbonyl (C=O) groups is 1. The summed E-state index contributed by atoms with van der Waals surface area (Å²) >= 11 is 0. The Hall–Kier alpha value is -2.07. The van der Waals surface area contributed by atoms with E-state index in [1.54, 1.807) is 6.07 Å². The zero-order chi connectivity index (χ0) is 12.1. The molecule has 0 aliphatic rings. The molecule has 0 saturated heterocycles. The number of nitrogens with two attached hydrogens (primary N) is 1. The molecule has 4 nitrogen and oxygen atoms in total. The molecule has 1 aromatic heterocycles. The first kappa shape index (κ1) is 11.4. The first-order valence-electron chi connectivity index (χ1n) is 5.38. The lowest BCUT2D eigenvalue weighted by Gasteiger charge is -2.08. The van der Waals surface area contributed by atoms with Gasteiger partial charge in [0, 0.05) is 13.1 Å². The Morgan fingerprint density at radius 3 is 2.65 bits per heavy atom. The molecular weight excluding hydrogens is 216 g/mol. The third-order valence-electron chi connectivity index (χ3n) is 2.56. The molecule has 0 bridgehead atoms. The molecule has 0 unspecified atom stereocenters. The van der Waals surface area contributed by atoms with Gasteiger partial charge in [0.15, 0.2) is 0 Å². The van der Waals surface area contributed by atoms with Gasteiger partial charge in [-0.25, -0.2) is 0 Å². The average Bonchev–Trinajstić information content (AvgIpc) is 2.90. The average molecular weight is 230 g/mol. The smallest absolute Gasteiger partial charge is 0.254 e. The predicted octanol–water partition coefficient (Wildman–Crippen LogP) is 1.67. The summed E-state index contributed by atoms with van der Waals surface area (Å²) in [6.45, 7) is 0.940. The van der Waals surface area contributed by atoms with Gasteiger partial charge in [-0.1, -0.05) is 24.3 Å². The fourth-order valence-corrected chi connectivity index (χ4v) is 1.60. The monoisotopic (exact) mass is 230 g/mol. The lowest BCUT2D eigenvalue weighted by molar-refractivity contribution is 0.0950. The van der Waals surface area contributed by atoms with Gasteiger partial charge in [-0.15, -0.1) is 0 Å². The van der Waals surface area contributed by atoms with Crippen molar-refractivity contribution in [2.24, 2.45) is 5.73 Å². The SMILES string of the molecule is NCc1ccccc1CNC(=O)c1ccoc1. The van der Waals surface area contributed by atoms with Crippen molar-refractivity contribution in [2.45, 2.75) is 13.1 Å². The Balaban J connectivity index is 2.00. The second-order valence-corrected chi connectivity index (χ2v) is 3.67. The van der Waals surface area contributed by atoms with Gasteiger partial charge in [-0.2, -0.15) is 0 Å². The zero-order valence-corrected chi connectivity index (χ0v) is 9.35. The largest absolute Gasteiger partial charge is 0.472 e. The highest BCUT2D eigenvalue weighted by Gasteiger charge is 2.07. The Bertz CT molecular complexity index is 492. The maximum Gasteiger partial charge on any atom is 0.254 e. The van der Waals surface area contributed by atoms with Gasteiger partial charge < -0.3 is 15.5 Å². The lowest BCUT2D eigenvalue weighted by atomic mass is 10.1. The minimum Gasteiger partial charge on any atom is -0.472 e. The van der Waals surface area contributed by atoms with Crippen LogP contribution < -0.4 is 11.1 Å². The highest BCUT2D eigenvalue weighted by molar-refractivity contribution is 5.93. The van der Waals surface area contributed by atoms with Crippen LogP contribution in [0.3, 0.4) is 0 Å². The van der Waals surface area contributed by atoms with Gasteiger partial charge in [0.25, 0.3) is 5.91 Å². The Kier molecular flexibility index (Phi) is 3.57. The van der Waals surface area contributed by atoms with Crippen LogP contribution in [0, 0.1) is 0 Å². The Morgan fingerprint density at radius 1 is 1.24 bits per heavy atom. The Morgan fingerprint density at radius 2 is 2.00 bits per heavy atom. The maximum atomic E-state index is 11.7. The first-order valence-corrected chi connectivity index (χ1v) is 5.38. The maximum absolute atomic E-state index is 11.7. The highest BCUT2D eigenvalue weighted by Crippen LogP contribution is 2.08. The number of rotatable bonds is 4. The third kappa shape index (κ3) is 2.73. The van der Waals surface area contributed by atoms with Crippen molar-refractivity contribution < 1.29 is 9.21 Å². The van der Waals surface area contributed by atoms with Gasteiger partial charge in [0.2, 0.25) is 0 Å². The van der Waals surface area contributed by atoms with Crippen LogP contribution >= 0.6 is 0 Å². The number of amides is 1. The van der Waals surface area contributed by atoms with Gasteiger partial charge >= 0.3 is 0 Å². The van der Waals surface area contributed by atoms with E-state index in [1.165, 1.54) is 12.5 Å². The molecule has 1 aromatic carbocycles. The number of carbonyl (C=O) groups excluding carboxylic acids is 1. The summed E-state index contributed by atoms with van der Waals surface area (Å²) in [4.78, 5) is 11.7. The van der Waals surface area contributed by atoms with Gasteiger partial charge in [-0.3, -0.25) is 4.79 Å². The van der Waals surface area contributed by atoms with E-state index in [-0.39, 0.29) is 5.91 Å². The molecule has 17 heavy (non-hydrogen) atoms. The van der Waals surface area contributed by atoms with E-state index in [2.05, 4.69) is 5.32 Å². The number of hydrogen-bond acceptors (Lipinski definition) is 3. The van der Waals surface area contributed by atoms with E-state index in [9.17, 15) is 4.79 Å². The Labute approximate surface area is 99.4 Å². The number of furan rings is 1. The summed E-state index contributed by atoms with van der Waals surface area (Å²) in [6, 6.07) is 9.41. The number of hydrogen-bond donors (Lipinski definition) is 2. The molecule has 88 valence electrons. The molecular formula is C13H14N2O2. The van der Waals surface area contributed by atoms with Crippen molar-refractivity contribution in [3.8, 4) is 0 Å². The molecule has 0 aliphatic carbocycles. The highest BCUT2D eigenvalue weighted by atomic mass is 16.3. The van der Waals surface area contributed by atoms with Crippen LogP contribution in [-0.2, 0) is 13.1 Å². The summed E-state index contributed by atoms with van der Waals surface area (Å²) in [6.07, 6.45) is 2.90. The molecule has 2 rings (SSSR count). The van der Waals surface area contributed by atoms with Crippen molar-refractivity contribution in [3.05, 3.63) is 59.5 Å². The third-order valence-corrected chi connectivity index (χ3v) is 2.56. The number of benzene rings is 1. The fourth-order valence-electron chi connectivity index (χ4n) is 1.60. The molecule has 1 heterocycles. The summed E-state index contributed by atoms with van der Waals surface area (Å²) in [5, 5.41) is 2.82. The van der Waals surface area contributed by atoms with Crippen molar-refractivity contribution in [1.29, 1.82) is 0 Å².